The van der Waals surface area contributed by atoms with Crippen LogP contribution in [0.1, 0.15) is 33.1 Å². The van der Waals surface area contributed by atoms with Gasteiger partial charge in [0.05, 0.1) is 0 Å². The Bertz CT molecular complexity index is 609. The second-order valence-corrected chi connectivity index (χ2v) is 9.36. The van der Waals surface area contributed by atoms with E-state index >= 15 is 0 Å². The lowest BCUT2D eigenvalue weighted by Crippen LogP contribution is -2.49. The number of thiophene rings is 1. The van der Waals surface area contributed by atoms with Crippen molar-refractivity contribution in [1.29, 1.82) is 0 Å². The molecule has 2 N–H and O–H groups in total. The molecule has 1 unspecified atom stereocenters. The van der Waals surface area contributed by atoms with Crippen LogP contribution in [0, 0.1) is 5.92 Å². The second kappa shape index (κ2) is 8.94. The van der Waals surface area contributed by atoms with E-state index in [9.17, 15) is 13.2 Å². The van der Waals surface area contributed by atoms with Gasteiger partial charge >= 0.3 is 0 Å². The third-order valence-corrected chi connectivity index (χ3v) is 6.98. The summed E-state index contributed by atoms with van der Waals surface area (Å²) in [5, 5.41) is 4.57. The van der Waals surface area contributed by atoms with Crippen LogP contribution in [0.5, 0.6) is 0 Å². The van der Waals surface area contributed by atoms with Gasteiger partial charge in [-0.15, -0.1) is 11.3 Å². The zero-order valence-electron chi connectivity index (χ0n) is 14.3. The molecule has 2 rings (SSSR count). The molecule has 0 aliphatic carbocycles. The van der Waals surface area contributed by atoms with E-state index in [4.69, 9.17) is 0 Å². The zero-order valence-corrected chi connectivity index (χ0v) is 16.0. The number of nitrogens with zero attached hydrogens (tertiary/aromatic N) is 1. The number of hydrogen-bond acceptors (Lipinski definition) is 5. The maximum Gasteiger partial charge on any atom is 0.250 e. The first kappa shape index (κ1) is 19.4. The molecule has 0 saturated carbocycles. The maximum absolute atomic E-state index is 12.4. The number of sulfonamides is 1. The SMILES string of the molecule is CC(C)C(NS(=O)(=O)c1cccs1)C(=O)NCCCN1CCCC1. The van der Waals surface area contributed by atoms with Gasteiger partial charge in [-0.1, -0.05) is 19.9 Å². The van der Waals surface area contributed by atoms with E-state index in [1.807, 2.05) is 13.8 Å². The molecule has 0 spiro atoms. The van der Waals surface area contributed by atoms with Gasteiger partial charge in [-0.05, 0) is 56.3 Å². The summed E-state index contributed by atoms with van der Waals surface area (Å²) < 4.78 is 27.4. The molecule has 24 heavy (non-hydrogen) atoms. The smallest absolute Gasteiger partial charge is 0.250 e. The molecule has 136 valence electrons. The number of nitrogens with one attached hydrogen (secondary N) is 2. The molecular formula is C16H27N3O3S2. The lowest BCUT2D eigenvalue weighted by Gasteiger charge is -2.21. The minimum atomic E-state index is -3.65. The molecule has 0 aromatic carbocycles. The molecule has 1 aliphatic heterocycles. The molecule has 1 aliphatic rings. The largest absolute Gasteiger partial charge is 0.355 e. The summed E-state index contributed by atoms with van der Waals surface area (Å²) in [5.41, 5.74) is 0. The fourth-order valence-electron chi connectivity index (χ4n) is 2.76. The van der Waals surface area contributed by atoms with Gasteiger partial charge in [0.2, 0.25) is 5.91 Å². The number of likely N-dealkylation sites (tertiary alicyclic amines) is 1. The Morgan fingerprint density at radius 3 is 2.62 bits per heavy atom. The average Bonchev–Trinajstić information content (AvgIpc) is 3.21. The van der Waals surface area contributed by atoms with Crippen molar-refractivity contribution >= 4 is 27.3 Å². The highest BCUT2D eigenvalue weighted by molar-refractivity contribution is 7.91. The summed E-state index contributed by atoms with van der Waals surface area (Å²) in [6.07, 6.45) is 3.40. The first-order chi connectivity index (χ1) is 11.4. The third-order valence-electron chi connectivity index (χ3n) is 4.14. The highest BCUT2D eigenvalue weighted by Gasteiger charge is 2.28. The van der Waals surface area contributed by atoms with Crippen molar-refractivity contribution in [2.24, 2.45) is 5.92 Å². The highest BCUT2D eigenvalue weighted by Crippen LogP contribution is 2.17. The Labute approximate surface area is 148 Å². The van der Waals surface area contributed by atoms with Crippen molar-refractivity contribution in [1.82, 2.24) is 14.9 Å². The van der Waals surface area contributed by atoms with Crippen molar-refractivity contribution in [3.63, 3.8) is 0 Å². The predicted molar refractivity (Wildman–Crippen MR) is 96.6 cm³/mol. The van der Waals surface area contributed by atoms with Gasteiger partial charge in [0.25, 0.3) is 10.0 Å². The van der Waals surface area contributed by atoms with Gasteiger partial charge in [0.1, 0.15) is 10.3 Å². The molecular weight excluding hydrogens is 346 g/mol. The van der Waals surface area contributed by atoms with Crippen LogP contribution in [0.3, 0.4) is 0 Å². The molecule has 1 aromatic heterocycles. The molecule has 1 aromatic rings. The molecule has 1 fully saturated rings. The third kappa shape index (κ3) is 5.54. The normalized spacial score (nSPS) is 17.3. The van der Waals surface area contributed by atoms with Gasteiger partial charge in [0.15, 0.2) is 0 Å². The Morgan fingerprint density at radius 2 is 2.04 bits per heavy atom. The van der Waals surface area contributed by atoms with E-state index in [0.717, 1.165) is 37.4 Å². The van der Waals surface area contributed by atoms with Crippen LogP contribution in [0.2, 0.25) is 0 Å². The summed E-state index contributed by atoms with van der Waals surface area (Å²) >= 11 is 1.14. The van der Waals surface area contributed by atoms with Crippen LogP contribution >= 0.6 is 11.3 Å². The molecule has 1 atom stereocenters. The van der Waals surface area contributed by atoms with E-state index in [0.29, 0.717) is 6.54 Å². The summed E-state index contributed by atoms with van der Waals surface area (Å²) in [6, 6.07) is 2.46. The Hall–Kier alpha value is -0.960. The number of rotatable bonds is 9. The second-order valence-electron chi connectivity index (χ2n) is 6.47. The number of carbonyl (C=O) groups excluding carboxylic acids is 1. The van der Waals surface area contributed by atoms with Crippen LogP contribution in [-0.4, -0.2) is 51.4 Å². The van der Waals surface area contributed by atoms with Gasteiger partial charge in [0, 0.05) is 6.54 Å². The standard InChI is InChI=1S/C16H27N3O3S2/c1-13(2)15(18-24(21,22)14-7-5-12-23-14)16(20)17-8-6-11-19-9-3-4-10-19/h5,7,12-13,15,18H,3-4,6,8-11H2,1-2H3,(H,17,20). The Kier molecular flexibility index (Phi) is 7.21. The van der Waals surface area contributed by atoms with Crippen molar-refractivity contribution in [3.8, 4) is 0 Å². The van der Waals surface area contributed by atoms with Gasteiger partial charge in [-0.3, -0.25) is 4.79 Å². The van der Waals surface area contributed by atoms with Gasteiger partial charge < -0.3 is 10.2 Å². The molecule has 1 saturated heterocycles. The monoisotopic (exact) mass is 373 g/mol. The van der Waals surface area contributed by atoms with Crippen molar-refractivity contribution < 1.29 is 13.2 Å². The molecule has 0 radical (unpaired) electrons. The molecule has 0 bridgehead atoms. The highest BCUT2D eigenvalue weighted by atomic mass is 32.2. The summed E-state index contributed by atoms with van der Waals surface area (Å²) in [5.74, 6) is -0.384. The van der Waals surface area contributed by atoms with E-state index < -0.39 is 16.1 Å². The van der Waals surface area contributed by atoms with Crippen molar-refractivity contribution in [2.45, 2.75) is 43.4 Å². The van der Waals surface area contributed by atoms with E-state index in [2.05, 4.69) is 14.9 Å². The quantitative estimate of drug-likeness (QED) is 0.645. The first-order valence-corrected chi connectivity index (χ1v) is 10.8. The predicted octanol–water partition coefficient (Wildman–Crippen LogP) is 1.65. The van der Waals surface area contributed by atoms with Crippen LogP contribution in [-0.2, 0) is 14.8 Å². The Balaban J connectivity index is 1.83. The number of amides is 1. The molecule has 2 heterocycles. The number of carbonyl (C=O) groups is 1. The van der Waals surface area contributed by atoms with Crippen LogP contribution < -0.4 is 10.0 Å². The minimum Gasteiger partial charge on any atom is -0.355 e. The first-order valence-electron chi connectivity index (χ1n) is 8.46. The molecule has 6 nitrogen and oxygen atoms in total. The van der Waals surface area contributed by atoms with Crippen LogP contribution in [0.4, 0.5) is 0 Å². The summed E-state index contributed by atoms with van der Waals surface area (Å²) in [6.45, 7) is 7.51. The lowest BCUT2D eigenvalue weighted by atomic mass is 10.1. The fraction of sp³-hybridized carbons (Fsp3) is 0.688. The van der Waals surface area contributed by atoms with Gasteiger partial charge in [-0.2, -0.15) is 4.72 Å². The van der Waals surface area contributed by atoms with E-state index in [-0.39, 0.29) is 16.0 Å². The molecule has 1 amide bonds. The summed E-state index contributed by atoms with van der Waals surface area (Å²) in [4.78, 5) is 14.8. The fourth-order valence-corrected chi connectivity index (χ4v) is 5.12. The Morgan fingerprint density at radius 1 is 1.33 bits per heavy atom. The van der Waals surface area contributed by atoms with E-state index in [1.165, 1.54) is 12.8 Å². The zero-order chi connectivity index (χ0) is 17.6. The van der Waals surface area contributed by atoms with Crippen LogP contribution in [0.25, 0.3) is 0 Å². The minimum absolute atomic E-state index is 0.127. The topological polar surface area (TPSA) is 78.5 Å². The van der Waals surface area contributed by atoms with Crippen molar-refractivity contribution in [2.75, 3.05) is 26.2 Å². The maximum atomic E-state index is 12.4. The van der Waals surface area contributed by atoms with E-state index in [1.54, 1.807) is 17.5 Å². The molecule has 8 heteroatoms. The van der Waals surface area contributed by atoms with Gasteiger partial charge in [-0.25, -0.2) is 8.42 Å². The van der Waals surface area contributed by atoms with Crippen LogP contribution in [0.15, 0.2) is 21.7 Å². The summed E-state index contributed by atoms with van der Waals surface area (Å²) in [7, 11) is -3.65. The van der Waals surface area contributed by atoms with Crippen molar-refractivity contribution in [3.05, 3.63) is 17.5 Å². The lowest BCUT2D eigenvalue weighted by molar-refractivity contribution is -0.123. The number of hydrogen-bond donors (Lipinski definition) is 2. The average molecular weight is 374 g/mol.